The number of fused-ring (bicyclic) bond motifs is 5. The second kappa shape index (κ2) is 22.7. The fourth-order valence-corrected chi connectivity index (χ4v) is 15.7. The van der Waals surface area contributed by atoms with Gasteiger partial charge in [-0.3, -0.25) is 28.5 Å². The van der Waals surface area contributed by atoms with Gasteiger partial charge in [0, 0.05) is 97.8 Å². The zero-order chi connectivity index (χ0) is 57.1. The summed E-state index contributed by atoms with van der Waals surface area (Å²) in [6, 6.07) is 12.4. The molecule has 3 aromatic carbocycles. The van der Waals surface area contributed by atoms with E-state index in [0.29, 0.717) is 12.0 Å². The molecule has 2 aromatic heterocycles. The molecule has 2 unspecified atom stereocenters. The van der Waals surface area contributed by atoms with Gasteiger partial charge in [0.15, 0.2) is 23.5 Å². The van der Waals surface area contributed by atoms with Crippen molar-refractivity contribution in [3.8, 4) is 11.5 Å². The van der Waals surface area contributed by atoms with Crippen molar-refractivity contribution in [2.45, 2.75) is 88.7 Å². The number of phosphoric ester groups is 1. The molecule has 10 N–H and O–H groups in total. The Morgan fingerprint density at radius 2 is 1.67 bits per heavy atom. The number of carbonyl (C=O) groups excluding carboxylic acids is 3. The van der Waals surface area contributed by atoms with E-state index in [1.165, 1.54) is 33.3 Å². The highest BCUT2D eigenvalue weighted by Gasteiger charge is 2.50. The summed E-state index contributed by atoms with van der Waals surface area (Å²) in [5.41, 5.74) is 14.4. The van der Waals surface area contributed by atoms with Crippen LogP contribution in [0.4, 0.5) is 16.4 Å². The molecular formula is C50H60N10O17P3S+. The van der Waals surface area contributed by atoms with E-state index in [4.69, 9.17) is 24.5 Å². The number of nitrogen functional groups attached to an aromatic ring is 1. The Hall–Kier alpha value is -5.96. The minimum atomic E-state index is -5.71. The first-order valence-electron chi connectivity index (χ1n) is 26.5. The fourth-order valence-electron chi connectivity index (χ4n) is 11.9. The molecule has 11 rings (SSSR count). The summed E-state index contributed by atoms with van der Waals surface area (Å²) in [6.07, 6.45) is 1.38. The second-order valence-corrected chi connectivity index (χ2v) is 26.4. The maximum Gasteiger partial charge on any atom is 0.488 e. The van der Waals surface area contributed by atoms with Crippen LogP contribution < -0.4 is 46.7 Å². The van der Waals surface area contributed by atoms with E-state index in [1.54, 1.807) is 11.9 Å². The van der Waals surface area contributed by atoms with Crippen LogP contribution in [-0.4, -0.2) is 145 Å². The van der Waals surface area contributed by atoms with Gasteiger partial charge in [0.2, 0.25) is 17.2 Å². The Balaban J connectivity index is 0.736. The first kappa shape index (κ1) is 56.9. The number of H-pyrrole nitrogens is 1. The number of carbonyl (C=O) groups is 3. The van der Waals surface area contributed by atoms with E-state index in [0.717, 1.165) is 122 Å². The van der Waals surface area contributed by atoms with E-state index in [-0.39, 0.29) is 55.0 Å². The normalized spacial score (nSPS) is 21.4. The number of phosphoric acid groups is 2. The van der Waals surface area contributed by atoms with Crippen LogP contribution in [0, 0.1) is 0 Å². The maximum absolute atomic E-state index is 14.7. The van der Waals surface area contributed by atoms with Gasteiger partial charge in [0.1, 0.15) is 36.8 Å². The molecule has 1 saturated heterocycles. The van der Waals surface area contributed by atoms with Crippen molar-refractivity contribution in [3.05, 3.63) is 103 Å². The summed E-state index contributed by atoms with van der Waals surface area (Å²) >= 11 is 4.11. The summed E-state index contributed by atoms with van der Waals surface area (Å²) in [4.78, 5) is 106. The molecular weight excluding hydrogens is 1140 g/mol. The summed E-state index contributed by atoms with van der Waals surface area (Å²) in [5, 5.41) is 18.9. The van der Waals surface area contributed by atoms with Crippen molar-refractivity contribution in [3.63, 3.8) is 0 Å². The summed E-state index contributed by atoms with van der Waals surface area (Å²) in [5.74, 6) is 0.892. The number of imidazole rings is 1. The molecule has 432 valence electrons. The number of nitrogens with zero attached hydrogens (tertiary/aromatic N) is 6. The molecule has 8 heterocycles. The summed E-state index contributed by atoms with van der Waals surface area (Å²) in [7, 11) is -9.63. The van der Waals surface area contributed by atoms with Crippen LogP contribution in [0.2, 0.25) is 0 Å². The highest BCUT2D eigenvalue weighted by atomic mass is 32.5. The Bertz CT molecular complexity index is 3740. The van der Waals surface area contributed by atoms with Crippen LogP contribution in [0.25, 0.3) is 16.7 Å². The number of aromatic amines is 1. The zero-order valence-corrected chi connectivity index (χ0v) is 47.2. The summed E-state index contributed by atoms with van der Waals surface area (Å²) < 4.78 is 59.6. The molecule has 0 saturated carbocycles. The van der Waals surface area contributed by atoms with Crippen LogP contribution in [-0.2, 0) is 74.0 Å². The number of ether oxygens (including phenoxy) is 3. The molecule has 6 aliphatic heterocycles. The number of anilines is 2. The number of hydrogen-bond acceptors (Lipinski definition) is 18. The number of aromatic nitrogens is 4. The molecule has 0 aliphatic carbocycles. The van der Waals surface area contributed by atoms with Gasteiger partial charge in [-0.25, -0.2) is 27.8 Å². The number of amides is 3. The van der Waals surface area contributed by atoms with Gasteiger partial charge in [-0.1, -0.05) is 18.2 Å². The van der Waals surface area contributed by atoms with Gasteiger partial charge in [0.05, 0.1) is 18.5 Å². The van der Waals surface area contributed by atoms with Crippen LogP contribution in [0.1, 0.15) is 88.5 Å². The molecule has 6 atom stereocenters. The van der Waals surface area contributed by atoms with E-state index >= 15 is 0 Å². The SMILES string of the molecule is CN(CCCC(=O)NCCNC(=O)O[C@H]1[C@@H](O)[C@H](n2cnc3c(=O)[nH]c(N)nc32)O[C@@H]1COP(=O)(O)OP(=O)(O)OP(O)(O)=S)C(=O)c1ccccc1C1=c2cc3c4c(c2Oc2c1cc1c5c2CCCN5CCC1)CCC[N+]=4CCC3. The minimum absolute atomic E-state index is 0.0327. The molecule has 0 radical (unpaired) electrons. The van der Waals surface area contributed by atoms with E-state index in [9.17, 15) is 53.0 Å². The monoisotopic (exact) mass is 1200 g/mol. The zero-order valence-electron chi connectivity index (χ0n) is 43.7. The predicted molar refractivity (Wildman–Crippen MR) is 293 cm³/mol. The first-order chi connectivity index (χ1) is 38.6. The standard InChI is InChI=1S/C50H59N10O17P3S/c1-57(47(64)30-12-3-2-11-29(30)37-33-23-27-9-4-19-58-21-6-13-31(39(27)58)42(33)74-43-32-14-7-22-59-20-5-10-28(40(32)59)24-34(37)43)18-8-15-36(61)52-16-17-53-50(65)75-44-35(25-72-78(66,67)76-79(68,69)77-80(70,71)81)73-48(41(44)62)60-26-54-38-45(60)55-49(51)56-46(38)63/h2-3,11-12,23-24,26,35,41,44,48,62H,4-10,13-22,25H2,1H3,(H8-,51,52,53,55,56,61,63,65,66,67,68,69,70,71,81)/p+1/t35-,41-,44-,48-/m1/s1. The summed E-state index contributed by atoms with van der Waals surface area (Å²) in [6.45, 7) is -1.91. The molecule has 0 spiro atoms. The first-order valence-corrected chi connectivity index (χ1v) is 32.1. The lowest BCUT2D eigenvalue weighted by atomic mass is 9.81. The molecule has 3 amide bonds. The molecule has 81 heavy (non-hydrogen) atoms. The lowest BCUT2D eigenvalue weighted by Gasteiger charge is -2.39. The van der Waals surface area contributed by atoms with Crippen molar-refractivity contribution < 1.29 is 75.5 Å². The van der Waals surface area contributed by atoms with Crippen molar-refractivity contribution >= 4 is 80.5 Å². The third-order valence-electron chi connectivity index (χ3n) is 15.2. The van der Waals surface area contributed by atoms with E-state index in [1.807, 2.05) is 24.3 Å². The van der Waals surface area contributed by atoms with Crippen LogP contribution in [0.5, 0.6) is 11.5 Å². The van der Waals surface area contributed by atoms with Crippen molar-refractivity contribution in [1.82, 2.24) is 39.6 Å². The Kier molecular flexibility index (Phi) is 15.9. The Labute approximate surface area is 466 Å². The topological polar surface area (TPSA) is 365 Å². The number of nitrogens with one attached hydrogen (secondary N) is 3. The second-order valence-electron chi connectivity index (χ2n) is 20.6. The number of hydrogen-bond donors (Lipinski definition) is 9. The van der Waals surface area contributed by atoms with Crippen LogP contribution in [0.15, 0.2) is 47.5 Å². The predicted octanol–water partition coefficient (Wildman–Crippen LogP) is 1.62. The molecule has 5 aromatic rings. The fraction of sp³-hybridized carbons (Fsp3) is 0.460. The van der Waals surface area contributed by atoms with Gasteiger partial charge >= 0.3 is 28.5 Å². The van der Waals surface area contributed by atoms with Crippen molar-refractivity contribution in [1.29, 1.82) is 0 Å². The number of rotatable bonds is 18. The molecule has 0 bridgehead atoms. The smallest absolute Gasteiger partial charge is 0.455 e. The molecule has 27 nitrogen and oxygen atoms in total. The van der Waals surface area contributed by atoms with Gasteiger partial charge < -0.3 is 65.1 Å². The maximum atomic E-state index is 14.7. The largest absolute Gasteiger partial charge is 0.488 e. The van der Waals surface area contributed by atoms with E-state index < -0.39 is 65.2 Å². The highest BCUT2D eigenvalue weighted by Crippen LogP contribution is 2.66. The van der Waals surface area contributed by atoms with Crippen molar-refractivity contribution in [2.24, 2.45) is 0 Å². The van der Waals surface area contributed by atoms with Gasteiger partial charge in [-0.2, -0.15) is 9.29 Å². The molecule has 1 fully saturated rings. The molecule has 6 aliphatic rings. The highest BCUT2D eigenvalue weighted by molar-refractivity contribution is 8.08. The number of benzene rings is 3. The average Bonchev–Trinajstić information content (AvgIpc) is 2.76. The average molecular weight is 1200 g/mol. The third kappa shape index (κ3) is 11.7. The third-order valence-corrected chi connectivity index (χ3v) is 19.6. The Morgan fingerprint density at radius 1 is 0.938 bits per heavy atom. The van der Waals surface area contributed by atoms with Crippen LogP contribution >= 0.6 is 22.4 Å². The van der Waals surface area contributed by atoms with E-state index in [2.05, 4.69) is 67.6 Å². The number of aryl methyl sites for hydroxylation is 2. The number of nitrogens with two attached hydrogens (primary N) is 1. The van der Waals surface area contributed by atoms with Gasteiger partial charge in [-0.15, -0.1) is 0 Å². The lowest BCUT2D eigenvalue weighted by molar-refractivity contribution is -0.121. The number of aliphatic hydroxyl groups excluding tert-OH is 1. The lowest BCUT2D eigenvalue weighted by Crippen LogP contribution is -2.45. The van der Waals surface area contributed by atoms with Gasteiger partial charge in [-0.05, 0) is 86.1 Å². The number of alkyl carbamates (subject to hydrolysis) is 1. The van der Waals surface area contributed by atoms with Crippen molar-refractivity contribution in [2.75, 3.05) is 70.1 Å². The quantitative estimate of drug-likeness (QED) is 0.0335. The van der Waals surface area contributed by atoms with Gasteiger partial charge in [0.25, 0.3) is 11.5 Å². The molecule has 31 heteroatoms. The Morgan fingerprint density at radius 3 is 2.46 bits per heavy atom. The number of aliphatic hydroxyl groups is 1. The van der Waals surface area contributed by atoms with Crippen LogP contribution in [0.3, 0.4) is 0 Å². The minimum Gasteiger partial charge on any atom is -0.455 e.